The van der Waals surface area contributed by atoms with Gasteiger partial charge in [-0.25, -0.2) is 17.9 Å². The van der Waals surface area contributed by atoms with Crippen LogP contribution < -0.4 is 10.4 Å². The quantitative estimate of drug-likeness (QED) is 0.738. The summed E-state index contributed by atoms with van der Waals surface area (Å²) in [5, 5.41) is 4.26. The van der Waals surface area contributed by atoms with E-state index >= 15 is 0 Å². The number of aromatic nitrogens is 4. The topological polar surface area (TPSA) is 90.9 Å². The largest absolute Gasteiger partial charge is 0.328 e. The van der Waals surface area contributed by atoms with Gasteiger partial charge < -0.3 is 0 Å². The number of nitrogens with one attached hydrogen (secondary N) is 1. The van der Waals surface area contributed by atoms with Crippen molar-refractivity contribution in [2.24, 2.45) is 21.1 Å². The lowest BCUT2D eigenvalue weighted by atomic mass is 9.94. The molecular formula is C17H21N5O3S. The predicted molar refractivity (Wildman–Crippen MR) is 97.4 cm³/mol. The average molecular weight is 375 g/mol. The van der Waals surface area contributed by atoms with Crippen LogP contribution in [0, 0.1) is 0 Å². The van der Waals surface area contributed by atoms with Crippen molar-refractivity contribution in [3.8, 4) is 0 Å². The van der Waals surface area contributed by atoms with Crippen molar-refractivity contribution in [3.05, 3.63) is 46.1 Å². The molecule has 0 spiro atoms. The number of rotatable bonds is 3. The third kappa shape index (κ3) is 2.50. The normalized spacial score (nSPS) is 17.6. The van der Waals surface area contributed by atoms with Gasteiger partial charge in [-0.3, -0.25) is 13.8 Å². The van der Waals surface area contributed by atoms with E-state index in [1.807, 2.05) is 11.7 Å². The first-order valence-electron chi connectivity index (χ1n) is 8.48. The zero-order chi connectivity index (χ0) is 18.6. The Kier molecular flexibility index (Phi) is 3.81. The summed E-state index contributed by atoms with van der Waals surface area (Å²) in [5.41, 5.74) is 3.12. The third-order valence-corrected chi connectivity index (χ3v) is 6.70. The Morgan fingerprint density at radius 3 is 2.65 bits per heavy atom. The molecule has 0 fully saturated rings. The van der Waals surface area contributed by atoms with E-state index in [1.54, 1.807) is 32.4 Å². The number of fused-ring (bicyclic) bond motifs is 2. The number of hydrogen-bond acceptors (Lipinski definition) is 4. The molecule has 1 atom stereocenters. The number of aryl methyl sites for hydroxylation is 3. The summed E-state index contributed by atoms with van der Waals surface area (Å²) in [6, 6.07) is 4.47. The second kappa shape index (κ2) is 5.82. The molecule has 0 bridgehead atoms. The average Bonchev–Trinajstić information content (AvgIpc) is 3.10. The maximum atomic E-state index is 12.9. The Labute approximate surface area is 151 Å². The molecule has 0 radical (unpaired) electrons. The monoisotopic (exact) mass is 375 g/mol. The van der Waals surface area contributed by atoms with Crippen LogP contribution in [-0.2, 0) is 37.6 Å². The molecule has 3 aromatic rings. The highest BCUT2D eigenvalue weighted by Gasteiger charge is 2.28. The Morgan fingerprint density at radius 1 is 1.15 bits per heavy atom. The van der Waals surface area contributed by atoms with Crippen molar-refractivity contribution < 1.29 is 8.42 Å². The summed E-state index contributed by atoms with van der Waals surface area (Å²) in [4.78, 5) is 12.2. The SMILES string of the molecule is Cn1ncc2c1CCCC2NS(=O)(=O)c1ccc2c(c1)n(C)c(=O)n2C. The molecule has 0 saturated heterocycles. The number of hydrogen-bond donors (Lipinski definition) is 1. The molecular weight excluding hydrogens is 354 g/mol. The van der Waals surface area contributed by atoms with Crippen molar-refractivity contribution in [1.29, 1.82) is 0 Å². The van der Waals surface area contributed by atoms with Gasteiger partial charge in [0.1, 0.15) is 0 Å². The first-order valence-corrected chi connectivity index (χ1v) is 9.96. The first kappa shape index (κ1) is 17.0. The van der Waals surface area contributed by atoms with Gasteiger partial charge in [-0.1, -0.05) is 0 Å². The molecule has 1 aliphatic carbocycles. The molecule has 0 aliphatic heterocycles. The fourth-order valence-corrected chi connectivity index (χ4v) is 5.01. The van der Waals surface area contributed by atoms with Crippen molar-refractivity contribution in [3.63, 3.8) is 0 Å². The standard InChI is InChI=1S/C17H21N5O3S/c1-20-15-8-7-11(9-16(15)21(2)17(20)23)26(24,25)19-13-5-4-6-14-12(13)10-18-22(14)3/h7-10,13,19H,4-6H2,1-3H3. The predicted octanol–water partition coefficient (Wildman–Crippen LogP) is 0.966. The van der Waals surface area contributed by atoms with E-state index in [4.69, 9.17) is 0 Å². The lowest BCUT2D eigenvalue weighted by Gasteiger charge is -2.23. The van der Waals surface area contributed by atoms with Crippen LogP contribution in [0.2, 0.25) is 0 Å². The van der Waals surface area contributed by atoms with Gasteiger partial charge in [0.25, 0.3) is 0 Å². The van der Waals surface area contributed by atoms with Crippen LogP contribution in [0.1, 0.15) is 30.1 Å². The number of benzene rings is 1. The summed E-state index contributed by atoms with van der Waals surface area (Å²) in [5.74, 6) is 0. The second-order valence-corrected chi connectivity index (χ2v) is 8.50. The molecule has 26 heavy (non-hydrogen) atoms. The van der Waals surface area contributed by atoms with Crippen LogP contribution in [-0.4, -0.2) is 27.3 Å². The molecule has 1 aromatic carbocycles. The summed E-state index contributed by atoms with van der Waals surface area (Å²) >= 11 is 0. The van der Waals surface area contributed by atoms with Gasteiger partial charge in [0.15, 0.2) is 0 Å². The summed E-state index contributed by atoms with van der Waals surface area (Å²) in [7, 11) is 1.46. The number of imidazole rings is 1. The van der Waals surface area contributed by atoms with Crippen LogP contribution in [0.15, 0.2) is 34.1 Å². The van der Waals surface area contributed by atoms with Gasteiger partial charge in [0.05, 0.1) is 28.2 Å². The van der Waals surface area contributed by atoms with Crippen LogP contribution >= 0.6 is 0 Å². The first-order chi connectivity index (χ1) is 12.3. The Balaban J connectivity index is 1.73. The minimum Gasteiger partial charge on any atom is -0.295 e. The molecule has 2 heterocycles. The highest BCUT2D eigenvalue weighted by Crippen LogP contribution is 2.30. The summed E-state index contributed by atoms with van der Waals surface area (Å²) in [6.07, 6.45) is 4.30. The van der Waals surface area contributed by atoms with Crippen molar-refractivity contribution in [2.75, 3.05) is 0 Å². The number of nitrogens with zero attached hydrogens (tertiary/aromatic N) is 4. The van der Waals surface area contributed by atoms with Crippen LogP contribution in [0.4, 0.5) is 0 Å². The highest BCUT2D eigenvalue weighted by molar-refractivity contribution is 7.89. The van der Waals surface area contributed by atoms with Gasteiger partial charge >= 0.3 is 5.69 Å². The van der Waals surface area contributed by atoms with Gasteiger partial charge in [-0.2, -0.15) is 5.10 Å². The molecule has 1 aliphatic rings. The van der Waals surface area contributed by atoms with E-state index in [0.717, 1.165) is 30.5 Å². The second-order valence-electron chi connectivity index (χ2n) is 6.79. The Morgan fingerprint density at radius 2 is 1.88 bits per heavy atom. The zero-order valence-corrected chi connectivity index (χ0v) is 15.7. The summed E-state index contributed by atoms with van der Waals surface area (Å²) < 4.78 is 33.4. The molecule has 0 amide bonds. The van der Waals surface area contributed by atoms with Crippen LogP contribution in [0.5, 0.6) is 0 Å². The molecule has 1 unspecified atom stereocenters. The van der Waals surface area contributed by atoms with Crippen LogP contribution in [0.25, 0.3) is 11.0 Å². The van der Waals surface area contributed by atoms with Gasteiger partial charge in [-0.05, 0) is 37.5 Å². The maximum Gasteiger partial charge on any atom is 0.328 e. The van der Waals surface area contributed by atoms with E-state index in [2.05, 4.69) is 9.82 Å². The molecule has 8 nitrogen and oxygen atoms in total. The lowest BCUT2D eigenvalue weighted by Crippen LogP contribution is -2.31. The maximum absolute atomic E-state index is 12.9. The fourth-order valence-electron chi connectivity index (χ4n) is 3.74. The van der Waals surface area contributed by atoms with Crippen molar-refractivity contribution >= 4 is 21.1 Å². The summed E-state index contributed by atoms with van der Waals surface area (Å²) in [6.45, 7) is 0. The van der Waals surface area contributed by atoms with E-state index in [1.165, 1.54) is 15.2 Å². The highest BCUT2D eigenvalue weighted by atomic mass is 32.2. The molecule has 9 heteroatoms. The molecule has 1 N–H and O–H groups in total. The van der Waals surface area contributed by atoms with Crippen molar-refractivity contribution in [1.82, 2.24) is 23.6 Å². The zero-order valence-electron chi connectivity index (χ0n) is 14.9. The fraction of sp³-hybridized carbons (Fsp3) is 0.412. The Bertz CT molecular complexity index is 1170. The van der Waals surface area contributed by atoms with Crippen molar-refractivity contribution in [2.45, 2.75) is 30.2 Å². The molecule has 4 rings (SSSR count). The van der Waals surface area contributed by atoms with E-state index < -0.39 is 10.0 Å². The smallest absolute Gasteiger partial charge is 0.295 e. The van der Waals surface area contributed by atoms with Gasteiger partial charge in [0.2, 0.25) is 10.0 Å². The molecule has 2 aromatic heterocycles. The van der Waals surface area contributed by atoms with E-state index in [-0.39, 0.29) is 16.6 Å². The minimum atomic E-state index is -3.72. The van der Waals surface area contributed by atoms with E-state index in [0.29, 0.717) is 11.0 Å². The van der Waals surface area contributed by atoms with Gasteiger partial charge in [-0.15, -0.1) is 0 Å². The van der Waals surface area contributed by atoms with Crippen LogP contribution in [0.3, 0.4) is 0 Å². The molecule has 0 saturated carbocycles. The minimum absolute atomic E-state index is 0.155. The lowest BCUT2D eigenvalue weighted by molar-refractivity contribution is 0.498. The van der Waals surface area contributed by atoms with Gasteiger partial charge in [0, 0.05) is 32.4 Å². The van der Waals surface area contributed by atoms with E-state index in [9.17, 15) is 13.2 Å². The number of sulfonamides is 1. The molecule has 138 valence electrons. The Hall–Kier alpha value is -2.39. The third-order valence-electron chi connectivity index (χ3n) is 5.23.